The first-order chi connectivity index (χ1) is 16.5. The Balaban J connectivity index is 1.58. The molecular weight excluding hydrogens is 502 g/mol. The molecule has 2 amide bonds. The molecule has 176 valence electrons. The molecule has 3 aromatic carbocycles. The summed E-state index contributed by atoms with van der Waals surface area (Å²) in [6.07, 6.45) is 1.41. The molecule has 0 bridgehead atoms. The van der Waals surface area contributed by atoms with E-state index in [-0.39, 0.29) is 0 Å². The van der Waals surface area contributed by atoms with Gasteiger partial charge < -0.3 is 19.5 Å². The normalized spacial score (nSPS) is 10.6. The third kappa shape index (κ3) is 7.35. The molecule has 0 radical (unpaired) electrons. The molecule has 0 spiro atoms. The fraction of sp³-hybridized carbons (Fsp3) is 0.160. The van der Waals surface area contributed by atoms with Crippen LogP contribution >= 0.6 is 15.9 Å². The van der Waals surface area contributed by atoms with Gasteiger partial charge in [0.15, 0.2) is 11.5 Å². The van der Waals surface area contributed by atoms with Crippen LogP contribution in [0.1, 0.15) is 18.1 Å². The van der Waals surface area contributed by atoms with Gasteiger partial charge in [0, 0.05) is 16.2 Å². The van der Waals surface area contributed by atoms with Crippen LogP contribution in [0.3, 0.4) is 0 Å². The van der Waals surface area contributed by atoms with Crippen molar-refractivity contribution in [2.24, 2.45) is 5.10 Å². The smallest absolute Gasteiger partial charge is 0.329 e. The summed E-state index contributed by atoms with van der Waals surface area (Å²) in [5.74, 6) is -0.0597. The Kier molecular flexibility index (Phi) is 9.04. The summed E-state index contributed by atoms with van der Waals surface area (Å²) in [5, 5.41) is 6.34. The lowest BCUT2D eigenvalue weighted by Gasteiger charge is -2.12. The van der Waals surface area contributed by atoms with E-state index in [4.69, 9.17) is 14.2 Å². The zero-order valence-electron chi connectivity index (χ0n) is 18.7. The van der Waals surface area contributed by atoms with Gasteiger partial charge >= 0.3 is 11.8 Å². The first-order valence-corrected chi connectivity index (χ1v) is 11.2. The van der Waals surface area contributed by atoms with Crippen LogP contribution in [0, 0.1) is 0 Å². The predicted molar refractivity (Wildman–Crippen MR) is 133 cm³/mol. The minimum absolute atomic E-state index is 0.388. The third-order valence-electron chi connectivity index (χ3n) is 4.49. The van der Waals surface area contributed by atoms with Crippen LogP contribution in [0.5, 0.6) is 17.2 Å². The van der Waals surface area contributed by atoms with E-state index in [1.807, 2.05) is 31.2 Å². The maximum Gasteiger partial charge on any atom is 0.329 e. The second-order valence-corrected chi connectivity index (χ2v) is 7.86. The van der Waals surface area contributed by atoms with E-state index in [2.05, 4.69) is 31.8 Å². The molecule has 9 heteroatoms. The Morgan fingerprint density at radius 3 is 2.50 bits per heavy atom. The highest BCUT2D eigenvalue weighted by atomic mass is 79.9. The number of nitrogens with zero attached hydrogens (tertiary/aromatic N) is 1. The molecule has 8 nitrogen and oxygen atoms in total. The molecule has 0 saturated carbocycles. The summed E-state index contributed by atoms with van der Waals surface area (Å²) >= 11 is 3.41. The lowest BCUT2D eigenvalue weighted by Crippen LogP contribution is -2.32. The predicted octanol–water partition coefficient (Wildman–Crippen LogP) is 4.52. The average molecular weight is 526 g/mol. The average Bonchev–Trinajstić information content (AvgIpc) is 2.84. The number of amides is 2. The lowest BCUT2D eigenvalue weighted by atomic mass is 10.2. The fourth-order valence-corrected chi connectivity index (χ4v) is 3.10. The molecule has 0 aromatic heterocycles. The highest BCUT2D eigenvalue weighted by Gasteiger charge is 2.13. The van der Waals surface area contributed by atoms with Crippen LogP contribution in [0.15, 0.2) is 76.3 Å². The van der Waals surface area contributed by atoms with Crippen molar-refractivity contribution in [1.29, 1.82) is 0 Å². The maximum absolute atomic E-state index is 12.1. The highest BCUT2D eigenvalue weighted by molar-refractivity contribution is 9.10. The van der Waals surface area contributed by atoms with Crippen molar-refractivity contribution >= 4 is 39.6 Å². The molecule has 0 aliphatic heterocycles. The van der Waals surface area contributed by atoms with Gasteiger partial charge in [0.1, 0.15) is 12.4 Å². The Bertz CT molecular complexity index is 1170. The van der Waals surface area contributed by atoms with Crippen LogP contribution in [-0.2, 0) is 16.2 Å². The van der Waals surface area contributed by atoms with Gasteiger partial charge in [-0.1, -0.05) is 34.1 Å². The maximum atomic E-state index is 12.1. The van der Waals surface area contributed by atoms with Gasteiger partial charge in [-0.05, 0) is 60.5 Å². The molecular formula is C25H24BrN3O5. The Hall–Kier alpha value is -3.85. The van der Waals surface area contributed by atoms with Gasteiger partial charge in [-0.2, -0.15) is 5.10 Å². The van der Waals surface area contributed by atoms with Crippen LogP contribution in [0.2, 0.25) is 0 Å². The Labute approximate surface area is 206 Å². The SMILES string of the molecule is CCOc1cc(/C=N\NC(=O)C(=O)Nc2cccc(OC)c2)ccc1OCc1ccc(Br)cc1. The van der Waals surface area contributed by atoms with Crippen LogP contribution < -0.4 is 25.0 Å². The molecule has 0 aliphatic carbocycles. The number of anilines is 1. The first-order valence-electron chi connectivity index (χ1n) is 10.4. The molecule has 34 heavy (non-hydrogen) atoms. The molecule has 0 fully saturated rings. The zero-order chi connectivity index (χ0) is 24.3. The number of carbonyl (C=O) groups excluding carboxylic acids is 2. The Morgan fingerprint density at radius 2 is 1.76 bits per heavy atom. The van der Waals surface area contributed by atoms with Crippen molar-refractivity contribution in [3.63, 3.8) is 0 Å². The molecule has 0 atom stereocenters. The molecule has 0 unspecified atom stereocenters. The summed E-state index contributed by atoms with van der Waals surface area (Å²) in [6, 6.07) is 19.8. The standard InChI is InChI=1S/C25H24BrN3O5/c1-3-33-23-13-18(9-12-22(23)34-16-17-7-10-19(26)11-8-17)15-27-29-25(31)24(30)28-20-5-4-6-21(14-20)32-2/h4-15H,3,16H2,1-2H3,(H,28,30)(H,29,31)/b27-15-. The van der Waals surface area contributed by atoms with Crippen LogP contribution in [0.4, 0.5) is 5.69 Å². The number of rotatable bonds is 9. The van der Waals surface area contributed by atoms with Crippen molar-refractivity contribution in [3.8, 4) is 17.2 Å². The lowest BCUT2D eigenvalue weighted by molar-refractivity contribution is -0.136. The quantitative estimate of drug-likeness (QED) is 0.243. The molecule has 3 rings (SSSR count). The van der Waals surface area contributed by atoms with Gasteiger partial charge in [0.05, 0.1) is 19.9 Å². The summed E-state index contributed by atoms with van der Waals surface area (Å²) < 4.78 is 17.7. The molecule has 0 aliphatic rings. The molecule has 0 saturated heterocycles. The van der Waals surface area contributed by atoms with Gasteiger partial charge in [-0.25, -0.2) is 5.43 Å². The summed E-state index contributed by atoms with van der Waals surface area (Å²) in [4.78, 5) is 24.1. The van der Waals surface area contributed by atoms with E-state index in [1.54, 1.807) is 42.5 Å². The topological polar surface area (TPSA) is 98.2 Å². The van der Waals surface area contributed by atoms with Crippen molar-refractivity contribution in [2.45, 2.75) is 13.5 Å². The minimum Gasteiger partial charge on any atom is -0.497 e. The first kappa shape index (κ1) is 24.8. The van der Waals surface area contributed by atoms with Crippen LogP contribution in [0.25, 0.3) is 0 Å². The second-order valence-electron chi connectivity index (χ2n) is 6.94. The van der Waals surface area contributed by atoms with Crippen molar-refractivity contribution < 1.29 is 23.8 Å². The number of methoxy groups -OCH3 is 1. The fourth-order valence-electron chi connectivity index (χ4n) is 2.84. The number of hydrazone groups is 1. The highest BCUT2D eigenvalue weighted by Crippen LogP contribution is 2.29. The van der Waals surface area contributed by atoms with E-state index < -0.39 is 11.8 Å². The van der Waals surface area contributed by atoms with Gasteiger partial charge in [0.25, 0.3) is 0 Å². The Morgan fingerprint density at radius 1 is 0.971 bits per heavy atom. The second kappa shape index (κ2) is 12.4. The van der Waals surface area contributed by atoms with E-state index in [0.717, 1.165) is 10.0 Å². The van der Waals surface area contributed by atoms with Crippen molar-refractivity contribution in [3.05, 3.63) is 82.3 Å². The van der Waals surface area contributed by atoms with Crippen molar-refractivity contribution in [2.75, 3.05) is 19.0 Å². The van der Waals surface area contributed by atoms with E-state index in [9.17, 15) is 9.59 Å². The van der Waals surface area contributed by atoms with Crippen LogP contribution in [-0.4, -0.2) is 31.7 Å². The largest absolute Gasteiger partial charge is 0.497 e. The zero-order valence-corrected chi connectivity index (χ0v) is 20.3. The van der Waals surface area contributed by atoms with E-state index in [1.165, 1.54) is 13.3 Å². The van der Waals surface area contributed by atoms with Gasteiger partial charge in [0.2, 0.25) is 0 Å². The minimum atomic E-state index is -0.904. The molecule has 2 N–H and O–H groups in total. The number of carbonyl (C=O) groups is 2. The van der Waals surface area contributed by atoms with Gasteiger partial charge in [-0.3, -0.25) is 9.59 Å². The third-order valence-corrected chi connectivity index (χ3v) is 5.02. The summed E-state index contributed by atoms with van der Waals surface area (Å²) in [7, 11) is 1.51. The van der Waals surface area contributed by atoms with Crippen molar-refractivity contribution in [1.82, 2.24) is 5.43 Å². The number of benzene rings is 3. The number of hydrogen-bond donors (Lipinski definition) is 2. The molecule has 0 heterocycles. The van der Waals surface area contributed by atoms with Gasteiger partial charge in [-0.15, -0.1) is 0 Å². The number of nitrogens with one attached hydrogen (secondary N) is 2. The molecule has 3 aromatic rings. The summed E-state index contributed by atoms with van der Waals surface area (Å²) in [5.41, 5.74) is 4.32. The number of ether oxygens (including phenoxy) is 3. The monoisotopic (exact) mass is 525 g/mol. The number of halogens is 1. The number of hydrogen-bond acceptors (Lipinski definition) is 6. The van der Waals surface area contributed by atoms with E-state index in [0.29, 0.717) is 41.7 Å². The summed E-state index contributed by atoms with van der Waals surface area (Å²) in [6.45, 7) is 2.72. The van der Waals surface area contributed by atoms with E-state index >= 15 is 0 Å².